The Labute approximate surface area is 150 Å². The fourth-order valence-corrected chi connectivity index (χ4v) is 3.30. The molecule has 0 saturated carbocycles. The van der Waals surface area contributed by atoms with Crippen LogP contribution < -0.4 is 5.32 Å². The van der Waals surface area contributed by atoms with Crippen molar-refractivity contribution in [1.29, 1.82) is 0 Å². The van der Waals surface area contributed by atoms with Gasteiger partial charge in [0, 0.05) is 10.0 Å². The zero-order chi connectivity index (χ0) is 17.3. The minimum absolute atomic E-state index is 0.181. The van der Waals surface area contributed by atoms with Crippen molar-refractivity contribution in [2.24, 2.45) is 0 Å². The second-order valence-corrected chi connectivity index (χ2v) is 6.59. The van der Waals surface area contributed by atoms with E-state index in [0.29, 0.717) is 16.5 Å². The lowest BCUT2D eigenvalue weighted by Crippen LogP contribution is -2.43. The van der Waals surface area contributed by atoms with Gasteiger partial charge in [0.1, 0.15) is 5.54 Å². The van der Waals surface area contributed by atoms with Gasteiger partial charge in [-0.1, -0.05) is 54.4 Å². The van der Waals surface area contributed by atoms with E-state index < -0.39 is 11.6 Å². The molecule has 1 N–H and O–H groups in total. The van der Waals surface area contributed by atoms with E-state index in [1.807, 2.05) is 13.0 Å². The average Bonchev–Trinajstić information content (AvgIpc) is 2.81. The van der Waals surface area contributed by atoms with Crippen molar-refractivity contribution in [2.75, 3.05) is 0 Å². The number of imide groups is 1. The molecule has 124 valence electrons. The maximum absolute atomic E-state index is 13.0. The third-order valence-electron chi connectivity index (χ3n) is 4.27. The van der Waals surface area contributed by atoms with Crippen LogP contribution in [0.25, 0.3) is 0 Å². The molecule has 1 aliphatic rings. The van der Waals surface area contributed by atoms with Gasteiger partial charge in [0.05, 0.1) is 6.54 Å². The van der Waals surface area contributed by atoms with Gasteiger partial charge in [0.15, 0.2) is 0 Å². The number of nitrogens with one attached hydrogen (secondary N) is 1. The molecule has 3 amide bonds. The number of carbonyl (C=O) groups is 2. The third kappa shape index (κ3) is 2.87. The number of halogens is 2. The van der Waals surface area contributed by atoms with E-state index in [1.54, 1.807) is 42.5 Å². The predicted octanol–water partition coefficient (Wildman–Crippen LogP) is 4.35. The molecular formula is C18H16Cl2N2O2. The maximum Gasteiger partial charge on any atom is 0.325 e. The Morgan fingerprint density at radius 1 is 1.04 bits per heavy atom. The van der Waals surface area contributed by atoms with E-state index in [-0.39, 0.29) is 12.5 Å². The van der Waals surface area contributed by atoms with Gasteiger partial charge in [0.25, 0.3) is 5.91 Å². The van der Waals surface area contributed by atoms with E-state index in [2.05, 4.69) is 5.32 Å². The Morgan fingerprint density at radius 2 is 1.75 bits per heavy atom. The minimum Gasteiger partial charge on any atom is -0.319 e. The van der Waals surface area contributed by atoms with Gasteiger partial charge in [-0.25, -0.2) is 4.79 Å². The van der Waals surface area contributed by atoms with Gasteiger partial charge in [-0.2, -0.15) is 0 Å². The number of benzene rings is 2. The number of rotatable bonds is 4. The molecule has 1 heterocycles. The van der Waals surface area contributed by atoms with E-state index in [1.165, 1.54) is 4.90 Å². The van der Waals surface area contributed by atoms with Crippen LogP contribution in [0.15, 0.2) is 48.5 Å². The molecule has 4 nitrogen and oxygen atoms in total. The standard InChI is InChI=1S/C18H16Cl2N2O2/c1-2-18(13-6-8-14(19)9-7-13)16(23)22(17(24)21-18)11-12-4-3-5-15(20)10-12/h3-10H,2,11H2,1H3,(H,21,24)/t18-/m0/s1. The summed E-state index contributed by atoms with van der Waals surface area (Å²) in [6.45, 7) is 2.05. The maximum atomic E-state index is 13.0. The number of carbonyl (C=O) groups excluding carboxylic acids is 2. The molecule has 3 rings (SSSR count). The number of nitrogens with zero attached hydrogens (tertiary/aromatic N) is 1. The molecule has 2 aromatic carbocycles. The second kappa shape index (κ2) is 6.46. The molecule has 0 bridgehead atoms. The van der Waals surface area contributed by atoms with Crippen molar-refractivity contribution in [2.45, 2.75) is 25.4 Å². The van der Waals surface area contributed by atoms with Crippen LogP contribution >= 0.6 is 23.2 Å². The average molecular weight is 363 g/mol. The highest BCUT2D eigenvalue weighted by Gasteiger charge is 2.51. The third-order valence-corrected chi connectivity index (χ3v) is 4.76. The fraction of sp³-hybridized carbons (Fsp3) is 0.222. The van der Waals surface area contributed by atoms with Gasteiger partial charge in [0.2, 0.25) is 0 Å². The molecule has 0 spiro atoms. The van der Waals surface area contributed by atoms with Crippen LogP contribution in [-0.4, -0.2) is 16.8 Å². The number of amides is 3. The van der Waals surface area contributed by atoms with Crippen LogP contribution in [0.3, 0.4) is 0 Å². The molecule has 0 aromatic heterocycles. The number of hydrogen-bond donors (Lipinski definition) is 1. The van der Waals surface area contributed by atoms with Crippen molar-refractivity contribution in [3.63, 3.8) is 0 Å². The second-order valence-electron chi connectivity index (χ2n) is 5.72. The fourth-order valence-electron chi connectivity index (χ4n) is 2.96. The molecule has 0 radical (unpaired) electrons. The molecule has 1 atom stereocenters. The predicted molar refractivity (Wildman–Crippen MR) is 94.0 cm³/mol. The Kier molecular flexibility index (Phi) is 4.52. The summed E-state index contributed by atoms with van der Waals surface area (Å²) in [7, 11) is 0. The molecule has 1 saturated heterocycles. The van der Waals surface area contributed by atoms with Crippen LogP contribution in [0.4, 0.5) is 4.79 Å². The lowest BCUT2D eigenvalue weighted by Gasteiger charge is -2.26. The molecular weight excluding hydrogens is 347 g/mol. The summed E-state index contributed by atoms with van der Waals surface area (Å²) in [4.78, 5) is 26.7. The summed E-state index contributed by atoms with van der Waals surface area (Å²) in [5, 5.41) is 4.00. The molecule has 1 fully saturated rings. The summed E-state index contributed by atoms with van der Waals surface area (Å²) in [5.41, 5.74) is 0.468. The largest absolute Gasteiger partial charge is 0.325 e. The first-order valence-electron chi connectivity index (χ1n) is 7.61. The van der Waals surface area contributed by atoms with Crippen molar-refractivity contribution in [1.82, 2.24) is 10.2 Å². The summed E-state index contributed by atoms with van der Waals surface area (Å²) < 4.78 is 0. The highest BCUT2D eigenvalue weighted by atomic mass is 35.5. The molecule has 24 heavy (non-hydrogen) atoms. The number of hydrogen-bond acceptors (Lipinski definition) is 2. The van der Waals surface area contributed by atoms with Crippen molar-refractivity contribution < 1.29 is 9.59 Å². The van der Waals surface area contributed by atoms with Gasteiger partial charge in [-0.15, -0.1) is 0 Å². The van der Waals surface area contributed by atoms with Crippen LogP contribution in [0.2, 0.25) is 10.0 Å². The summed E-state index contributed by atoms with van der Waals surface area (Å²) >= 11 is 11.9. The minimum atomic E-state index is -1.06. The van der Waals surface area contributed by atoms with Crippen LogP contribution in [0.5, 0.6) is 0 Å². The van der Waals surface area contributed by atoms with E-state index in [0.717, 1.165) is 11.1 Å². The first kappa shape index (κ1) is 16.8. The SMILES string of the molecule is CC[C@@]1(c2ccc(Cl)cc2)NC(=O)N(Cc2cccc(Cl)c2)C1=O. The Balaban J connectivity index is 1.93. The molecule has 1 aliphatic heterocycles. The van der Waals surface area contributed by atoms with E-state index in [4.69, 9.17) is 23.2 Å². The van der Waals surface area contributed by atoms with Crippen LogP contribution in [0.1, 0.15) is 24.5 Å². The van der Waals surface area contributed by atoms with Gasteiger partial charge in [-0.05, 0) is 41.8 Å². The molecule has 2 aromatic rings. The zero-order valence-electron chi connectivity index (χ0n) is 13.1. The lowest BCUT2D eigenvalue weighted by atomic mass is 9.87. The zero-order valence-corrected chi connectivity index (χ0v) is 14.6. The summed E-state index contributed by atoms with van der Waals surface area (Å²) in [6, 6.07) is 13.7. The van der Waals surface area contributed by atoms with Crippen molar-refractivity contribution >= 4 is 35.1 Å². The highest BCUT2D eigenvalue weighted by molar-refractivity contribution is 6.30. The molecule has 6 heteroatoms. The summed E-state index contributed by atoms with van der Waals surface area (Å²) in [6.07, 6.45) is 0.450. The van der Waals surface area contributed by atoms with Crippen LogP contribution in [-0.2, 0) is 16.9 Å². The van der Waals surface area contributed by atoms with Crippen molar-refractivity contribution in [3.05, 3.63) is 69.7 Å². The lowest BCUT2D eigenvalue weighted by molar-refractivity contribution is -0.132. The molecule has 0 aliphatic carbocycles. The number of urea groups is 1. The first-order valence-corrected chi connectivity index (χ1v) is 8.36. The van der Waals surface area contributed by atoms with Crippen LogP contribution in [0, 0.1) is 0 Å². The monoisotopic (exact) mass is 362 g/mol. The van der Waals surface area contributed by atoms with Gasteiger partial charge >= 0.3 is 6.03 Å². The topological polar surface area (TPSA) is 49.4 Å². The molecule has 0 unspecified atom stereocenters. The van der Waals surface area contributed by atoms with E-state index >= 15 is 0 Å². The Hall–Kier alpha value is -2.04. The first-order chi connectivity index (χ1) is 11.5. The smallest absolute Gasteiger partial charge is 0.319 e. The van der Waals surface area contributed by atoms with Crippen molar-refractivity contribution in [3.8, 4) is 0 Å². The Bertz CT molecular complexity index is 792. The quantitative estimate of drug-likeness (QED) is 0.821. The summed E-state index contributed by atoms with van der Waals surface area (Å²) in [5.74, 6) is -0.266. The van der Waals surface area contributed by atoms with Gasteiger partial charge in [-0.3, -0.25) is 9.69 Å². The normalized spacial score (nSPS) is 20.4. The van der Waals surface area contributed by atoms with Gasteiger partial charge < -0.3 is 5.32 Å². The van der Waals surface area contributed by atoms with E-state index in [9.17, 15) is 9.59 Å². The Morgan fingerprint density at radius 3 is 2.38 bits per heavy atom. The highest BCUT2D eigenvalue weighted by Crippen LogP contribution is 2.33.